The molecular formula is C11H15N5. The molecule has 2 aromatic rings. The van der Waals surface area contributed by atoms with Gasteiger partial charge in [0.1, 0.15) is 0 Å². The summed E-state index contributed by atoms with van der Waals surface area (Å²) in [6.07, 6.45) is 3.76. The zero-order valence-corrected chi connectivity index (χ0v) is 9.22. The number of nitrogens with zero attached hydrogens (tertiary/aromatic N) is 3. The van der Waals surface area contributed by atoms with Crippen LogP contribution in [0.4, 0.5) is 5.82 Å². The van der Waals surface area contributed by atoms with Gasteiger partial charge in [0.05, 0.1) is 5.69 Å². The van der Waals surface area contributed by atoms with Gasteiger partial charge in [-0.15, -0.1) is 10.2 Å². The Hall–Kier alpha value is -1.88. The first-order valence-corrected chi connectivity index (χ1v) is 5.19. The van der Waals surface area contributed by atoms with Crippen LogP contribution in [0.3, 0.4) is 0 Å². The van der Waals surface area contributed by atoms with Crippen molar-refractivity contribution in [2.24, 2.45) is 5.73 Å². The van der Waals surface area contributed by atoms with Crippen molar-refractivity contribution in [2.45, 2.75) is 0 Å². The quantitative estimate of drug-likeness (QED) is 0.797. The number of aromatic nitrogens is 3. The average molecular weight is 217 g/mol. The maximum Gasteiger partial charge on any atom is 0.151 e. The Labute approximate surface area is 94.3 Å². The zero-order valence-electron chi connectivity index (χ0n) is 9.22. The van der Waals surface area contributed by atoms with Crippen LogP contribution in [-0.2, 0) is 0 Å². The van der Waals surface area contributed by atoms with Gasteiger partial charge in [0.25, 0.3) is 0 Å². The van der Waals surface area contributed by atoms with Gasteiger partial charge < -0.3 is 15.6 Å². The van der Waals surface area contributed by atoms with Gasteiger partial charge in [-0.2, -0.15) is 0 Å². The molecule has 3 N–H and O–H groups in total. The minimum Gasteiger partial charge on any atom is -0.367 e. The van der Waals surface area contributed by atoms with Gasteiger partial charge in [-0.3, -0.25) is 0 Å². The third-order valence-electron chi connectivity index (χ3n) is 2.40. The molecule has 0 aromatic carbocycles. The van der Waals surface area contributed by atoms with Crippen LogP contribution in [0.5, 0.6) is 0 Å². The van der Waals surface area contributed by atoms with E-state index in [2.05, 4.69) is 15.2 Å². The van der Waals surface area contributed by atoms with Gasteiger partial charge in [0.15, 0.2) is 5.82 Å². The Kier molecular flexibility index (Phi) is 3.16. The number of nitrogens with two attached hydrogens (primary N) is 1. The topological polar surface area (TPSA) is 70.8 Å². The van der Waals surface area contributed by atoms with Crippen molar-refractivity contribution in [2.75, 3.05) is 25.0 Å². The molecule has 2 aromatic heterocycles. The maximum absolute atomic E-state index is 5.48. The Morgan fingerprint density at radius 1 is 1.31 bits per heavy atom. The molecular weight excluding hydrogens is 202 g/mol. The molecule has 0 spiro atoms. The number of hydrogen-bond donors (Lipinski definition) is 2. The SMILES string of the molecule is CN(CCN)c1ccc(-c2cc[nH]c2)nn1. The molecule has 0 radical (unpaired) electrons. The number of nitrogens with one attached hydrogen (secondary N) is 1. The summed E-state index contributed by atoms with van der Waals surface area (Å²) in [6.45, 7) is 1.38. The lowest BCUT2D eigenvalue weighted by Crippen LogP contribution is -2.25. The summed E-state index contributed by atoms with van der Waals surface area (Å²) in [6, 6.07) is 5.87. The number of likely N-dealkylation sites (N-methyl/N-ethyl adjacent to an activating group) is 1. The predicted octanol–water partition coefficient (Wildman–Crippen LogP) is 0.867. The fourth-order valence-corrected chi connectivity index (χ4v) is 1.47. The second-order valence-electron chi connectivity index (χ2n) is 3.59. The van der Waals surface area contributed by atoms with Crippen LogP contribution >= 0.6 is 0 Å². The monoisotopic (exact) mass is 217 g/mol. The van der Waals surface area contributed by atoms with Crippen LogP contribution in [0, 0.1) is 0 Å². The molecule has 0 amide bonds. The fraction of sp³-hybridized carbons (Fsp3) is 0.273. The van der Waals surface area contributed by atoms with Crippen molar-refractivity contribution in [1.29, 1.82) is 0 Å². The van der Waals surface area contributed by atoms with Gasteiger partial charge in [-0.25, -0.2) is 0 Å². The van der Waals surface area contributed by atoms with Gasteiger partial charge in [-0.1, -0.05) is 0 Å². The van der Waals surface area contributed by atoms with Gasteiger partial charge in [0, 0.05) is 38.1 Å². The van der Waals surface area contributed by atoms with Gasteiger partial charge in [-0.05, 0) is 18.2 Å². The largest absolute Gasteiger partial charge is 0.367 e. The van der Waals surface area contributed by atoms with Crippen molar-refractivity contribution in [3.8, 4) is 11.3 Å². The van der Waals surface area contributed by atoms with Crippen LogP contribution < -0.4 is 10.6 Å². The highest BCUT2D eigenvalue weighted by Crippen LogP contribution is 2.16. The molecule has 0 aliphatic carbocycles. The van der Waals surface area contributed by atoms with E-state index < -0.39 is 0 Å². The van der Waals surface area contributed by atoms with E-state index in [1.54, 1.807) is 0 Å². The summed E-state index contributed by atoms with van der Waals surface area (Å²) in [5.74, 6) is 0.838. The second kappa shape index (κ2) is 4.76. The minimum atomic E-state index is 0.609. The van der Waals surface area contributed by atoms with E-state index in [-0.39, 0.29) is 0 Å². The summed E-state index contributed by atoms with van der Waals surface area (Å²) in [5, 5.41) is 8.33. The Morgan fingerprint density at radius 2 is 2.19 bits per heavy atom. The smallest absolute Gasteiger partial charge is 0.151 e. The highest BCUT2D eigenvalue weighted by atomic mass is 15.2. The number of H-pyrrole nitrogens is 1. The van der Waals surface area contributed by atoms with E-state index in [1.165, 1.54) is 0 Å². The molecule has 2 heterocycles. The lowest BCUT2D eigenvalue weighted by atomic mass is 10.2. The molecule has 84 valence electrons. The highest BCUT2D eigenvalue weighted by Gasteiger charge is 2.04. The number of rotatable bonds is 4. The molecule has 16 heavy (non-hydrogen) atoms. The van der Waals surface area contributed by atoms with E-state index >= 15 is 0 Å². The summed E-state index contributed by atoms with van der Waals surface area (Å²) >= 11 is 0. The van der Waals surface area contributed by atoms with Gasteiger partial charge in [0.2, 0.25) is 0 Å². The fourth-order valence-electron chi connectivity index (χ4n) is 1.47. The Morgan fingerprint density at radius 3 is 2.75 bits per heavy atom. The van der Waals surface area contributed by atoms with Crippen LogP contribution in [0.1, 0.15) is 0 Å². The molecule has 0 aliphatic rings. The van der Waals surface area contributed by atoms with Crippen LogP contribution in [-0.4, -0.2) is 35.3 Å². The molecule has 0 fully saturated rings. The van der Waals surface area contributed by atoms with E-state index in [4.69, 9.17) is 5.73 Å². The Balaban J connectivity index is 2.16. The summed E-state index contributed by atoms with van der Waals surface area (Å²) in [4.78, 5) is 4.97. The van der Waals surface area contributed by atoms with Crippen LogP contribution in [0.25, 0.3) is 11.3 Å². The predicted molar refractivity (Wildman–Crippen MR) is 64.1 cm³/mol. The molecule has 0 aliphatic heterocycles. The Bertz CT molecular complexity index is 420. The van der Waals surface area contributed by atoms with Crippen molar-refractivity contribution >= 4 is 5.82 Å². The summed E-state index contributed by atoms with van der Waals surface area (Å²) < 4.78 is 0. The molecule has 0 saturated carbocycles. The van der Waals surface area contributed by atoms with Crippen LogP contribution in [0.2, 0.25) is 0 Å². The standard InChI is InChI=1S/C11H15N5/c1-16(7-5-12)11-3-2-10(14-15-11)9-4-6-13-8-9/h2-4,6,8,13H,5,7,12H2,1H3. The number of aromatic amines is 1. The minimum absolute atomic E-state index is 0.609. The molecule has 5 nitrogen and oxygen atoms in total. The molecule has 0 atom stereocenters. The lowest BCUT2D eigenvalue weighted by Gasteiger charge is -2.15. The highest BCUT2D eigenvalue weighted by molar-refractivity contribution is 5.58. The normalized spacial score (nSPS) is 10.4. The van der Waals surface area contributed by atoms with Crippen LogP contribution in [0.15, 0.2) is 30.6 Å². The number of hydrogen-bond acceptors (Lipinski definition) is 4. The first-order chi connectivity index (χ1) is 7.81. The molecule has 0 unspecified atom stereocenters. The van der Waals surface area contributed by atoms with Crippen molar-refractivity contribution in [3.05, 3.63) is 30.6 Å². The maximum atomic E-state index is 5.48. The first-order valence-electron chi connectivity index (χ1n) is 5.19. The molecule has 2 rings (SSSR count). The van der Waals surface area contributed by atoms with Gasteiger partial charge >= 0.3 is 0 Å². The van der Waals surface area contributed by atoms with E-state index in [1.807, 2.05) is 42.5 Å². The van der Waals surface area contributed by atoms with E-state index in [0.29, 0.717) is 6.54 Å². The molecule has 0 bridgehead atoms. The van der Waals surface area contributed by atoms with Crippen molar-refractivity contribution < 1.29 is 0 Å². The lowest BCUT2D eigenvalue weighted by molar-refractivity contribution is 0.848. The third kappa shape index (κ3) is 2.20. The molecule has 5 heteroatoms. The van der Waals surface area contributed by atoms with Crippen molar-refractivity contribution in [3.63, 3.8) is 0 Å². The summed E-state index contributed by atoms with van der Waals surface area (Å²) in [5.41, 5.74) is 7.39. The zero-order chi connectivity index (χ0) is 11.4. The first kappa shape index (κ1) is 10.6. The molecule has 0 saturated heterocycles. The van der Waals surface area contributed by atoms with Crippen molar-refractivity contribution in [1.82, 2.24) is 15.2 Å². The van der Waals surface area contributed by atoms with E-state index in [0.717, 1.165) is 23.6 Å². The summed E-state index contributed by atoms with van der Waals surface area (Å²) in [7, 11) is 1.95. The second-order valence-corrected chi connectivity index (χ2v) is 3.59. The average Bonchev–Trinajstić information content (AvgIpc) is 2.83. The third-order valence-corrected chi connectivity index (χ3v) is 2.40. The van der Waals surface area contributed by atoms with E-state index in [9.17, 15) is 0 Å². The number of anilines is 1.